The van der Waals surface area contributed by atoms with E-state index in [9.17, 15) is 0 Å². The van der Waals surface area contributed by atoms with Gasteiger partial charge in [-0.2, -0.15) is 0 Å². The lowest BCUT2D eigenvalue weighted by Crippen LogP contribution is -2.19. The van der Waals surface area contributed by atoms with Crippen LogP contribution in [0.3, 0.4) is 0 Å². The molecule has 2 rings (SSSR count). The molecule has 0 saturated carbocycles. The summed E-state index contributed by atoms with van der Waals surface area (Å²) in [4.78, 5) is 5.48. The van der Waals surface area contributed by atoms with Crippen LogP contribution in [-0.2, 0) is 0 Å². The maximum Gasteiger partial charge on any atom is 0.153 e. The van der Waals surface area contributed by atoms with Gasteiger partial charge in [-0.25, -0.2) is 0 Å². The highest BCUT2D eigenvalue weighted by molar-refractivity contribution is 7.98. The summed E-state index contributed by atoms with van der Waals surface area (Å²) in [5, 5.41) is 0. The number of hydrogen-bond acceptors (Lipinski definition) is 4. The predicted octanol–water partition coefficient (Wildman–Crippen LogP) is 2.88. The Morgan fingerprint density at radius 2 is 2.00 bits per heavy atom. The van der Waals surface area contributed by atoms with Crippen molar-refractivity contribution in [1.29, 1.82) is 0 Å². The molecule has 1 unspecified atom stereocenters. The molecule has 1 atom stereocenters. The summed E-state index contributed by atoms with van der Waals surface area (Å²) in [5.74, 6) is 0.814. The number of nitrogens with zero attached hydrogens (tertiary/aromatic N) is 1. The van der Waals surface area contributed by atoms with Crippen molar-refractivity contribution in [3.05, 3.63) is 54.4 Å². The van der Waals surface area contributed by atoms with Crippen molar-refractivity contribution in [3.8, 4) is 5.75 Å². The second kappa shape index (κ2) is 6.42. The maximum absolute atomic E-state index is 5.85. The fourth-order valence-corrected chi connectivity index (χ4v) is 2.02. The van der Waals surface area contributed by atoms with Crippen molar-refractivity contribution < 1.29 is 4.74 Å². The van der Waals surface area contributed by atoms with Crippen LogP contribution in [-0.4, -0.2) is 17.8 Å². The zero-order valence-corrected chi connectivity index (χ0v) is 11.1. The molecule has 18 heavy (non-hydrogen) atoms. The minimum absolute atomic E-state index is 0.202. The summed E-state index contributed by atoms with van der Waals surface area (Å²) in [5.41, 5.74) is 6.60. The molecule has 0 aliphatic heterocycles. The van der Waals surface area contributed by atoms with Gasteiger partial charge in [0.1, 0.15) is 5.75 Å². The molecule has 0 spiro atoms. The Bertz CT molecular complexity index is 473. The molecule has 1 heterocycles. The molecule has 0 fully saturated rings. The van der Waals surface area contributed by atoms with Gasteiger partial charge in [-0.1, -0.05) is 6.07 Å². The van der Waals surface area contributed by atoms with Crippen molar-refractivity contribution in [1.82, 2.24) is 4.98 Å². The average Bonchev–Trinajstić information content (AvgIpc) is 2.46. The Balaban J connectivity index is 2.10. The molecule has 2 N–H and O–H groups in total. The highest BCUT2D eigenvalue weighted by Gasteiger charge is 2.12. The predicted molar refractivity (Wildman–Crippen MR) is 74.9 cm³/mol. The van der Waals surface area contributed by atoms with Crippen LogP contribution in [0.5, 0.6) is 5.75 Å². The van der Waals surface area contributed by atoms with E-state index in [0.717, 1.165) is 11.4 Å². The number of thioether (sulfide) groups is 1. The number of ether oxygens (including phenoxy) is 1. The molecule has 1 aromatic heterocycles. The zero-order valence-electron chi connectivity index (χ0n) is 10.2. The molecule has 2 aromatic rings. The first-order valence-corrected chi connectivity index (χ1v) is 6.97. The van der Waals surface area contributed by atoms with E-state index in [4.69, 9.17) is 10.5 Å². The Kier molecular flexibility index (Phi) is 4.61. The van der Waals surface area contributed by atoms with Crippen LogP contribution in [0.25, 0.3) is 0 Å². The van der Waals surface area contributed by atoms with Crippen molar-refractivity contribution in [2.24, 2.45) is 5.73 Å². The van der Waals surface area contributed by atoms with E-state index in [0.29, 0.717) is 6.54 Å². The van der Waals surface area contributed by atoms with Crippen LogP contribution in [0.15, 0.2) is 53.6 Å². The monoisotopic (exact) mass is 260 g/mol. The fraction of sp³-hybridized carbons (Fsp3) is 0.214. The molecule has 0 bridgehead atoms. The summed E-state index contributed by atoms with van der Waals surface area (Å²) in [6.45, 7) is 0.404. The van der Waals surface area contributed by atoms with Gasteiger partial charge in [0.25, 0.3) is 0 Å². The topological polar surface area (TPSA) is 48.1 Å². The van der Waals surface area contributed by atoms with E-state index < -0.39 is 0 Å². The number of benzene rings is 1. The molecule has 3 nitrogen and oxygen atoms in total. The second-order valence-electron chi connectivity index (χ2n) is 3.77. The molecule has 0 amide bonds. The first kappa shape index (κ1) is 12.9. The summed E-state index contributed by atoms with van der Waals surface area (Å²) in [7, 11) is 0. The summed E-state index contributed by atoms with van der Waals surface area (Å²) < 4.78 is 5.85. The molecular weight excluding hydrogens is 244 g/mol. The molecule has 94 valence electrons. The van der Waals surface area contributed by atoms with Gasteiger partial charge in [0.05, 0.1) is 5.69 Å². The first-order chi connectivity index (χ1) is 8.83. The first-order valence-electron chi connectivity index (χ1n) is 5.75. The van der Waals surface area contributed by atoms with Gasteiger partial charge in [0, 0.05) is 17.6 Å². The standard InChI is InChI=1S/C14H16N2OS/c1-18-12-7-5-11(6-8-12)17-14(10-15)13-4-2-3-9-16-13/h2-9,14H,10,15H2,1H3. The number of aromatic nitrogens is 1. The number of nitrogens with two attached hydrogens (primary N) is 1. The van der Waals surface area contributed by atoms with E-state index in [1.807, 2.05) is 48.7 Å². The van der Waals surface area contributed by atoms with E-state index in [2.05, 4.69) is 4.98 Å². The highest BCUT2D eigenvalue weighted by atomic mass is 32.2. The Morgan fingerprint density at radius 3 is 2.56 bits per heavy atom. The average molecular weight is 260 g/mol. The van der Waals surface area contributed by atoms with E-state index in [-0.39, 0.29) is 6.10 Å². The van der Waals surface area contributed by atoms with Gasteiger partial charge >= 0.3 is 0 Å². The lowest BCUT2D eigenvalue weighted by atomic mass is 10.2. The molecule has 1 aromatic carbocycles. The van der Waals surface area contributed by atoms with E-state index in [1.165, 1.54) is 4.90 Å². The fourth-order valence-electron chi connectivity index (χ4n) is 1.61. The van der Waals surface area contributed by atoms with Crippen LogP contribution in [0.4, 0.5) is 0 Å². The molecule has 0 radical (unpaired) electrons. The molecule has 0 saturated heterocycles. The quantitative estimate of drug-likeness (QED) is 0.840. The van der Waals surface area contributed by atoms with Crippen LogP contribution >= 0.6 is 11.8 Å². The van der Waals surface area contributed by atoms with Crippen LogP contribution < -0.4 is 10.5 Å². The van der Waals surface area contributed by atoms with Crippen LogP contribution in [0, 0.1) is 0 Å². The smallest absolute Gasteiger partial charge is 0.153 e. The van der Waals surface area contributed by atoms with Gasteiger partial charge in [-0.05, 0) is 42.7 Å². The van der Waals surface area contributed by atoms with E-state index >= 15 is 0 Å². The summed E-state index contributed by atoms with van der Waals surface area (Å²) >= 11 is 1.71. The third-order valence-electron chi connectivity index (χ3n) is 2.57. The third-order valence-corrected chi connectivity index (χ3v) is 3.31. The van der Waals surface area contributed by atoms with Gasteiger partial charge in [0.2, 0.25) is 0 Å². The van der Waals surface area contributed by atoms with Gasteiger partial charge in [-0.3, -0.25) is 4.98 Å². The molecule has 4 heteroatoms. The van der Waals surface area contributed by atoms with Crippen molar-refractivity contribution >= 4 is 11.8 Å². The number of pyridine rings is 1. The highest BCUT2D eigenvalue weighted by Crippen LogP contribution is 2.23. The largest absolute Gasteiger partial charge is 0.483 e. The van der Waals surface area contributed by atoms with Gasteiger partial charge in [0.15, 0.2) is 6.10 Å². The molecule has 0 aliphatic rings. The van der Waals surface area contributed by atoms with Crippen LogP contribution in [0.2, 0.25) is 0 Å². The Morgan fingerprint density at radius 1 is 1.22 bits per heavy atom. The van der Waals surface area contributed by atoms with Gasteiger partial charge in [-0.15, -0.1) is 11.8 Å². The Labute approximate surface area is 111 Å². The second-order valence-corrected chi connectivity index (χ2v) is 4.65. The van der Waals surface area contributed by atoms with Crippen molar-refractivity contribution in [2.75, 3.05) is 12.8 Å². The minimum atomic E-state index is -0.202. The van der Waals surface area contributed by atoms with Crippen molar-refractivity contribution in [3.63, 3.8) is 0 Å². The SMILES string of the molecule is CSc1ccc(OC(CN)c2ccccn2)cc1. The zero-order chi connectivity index (χ0) is 12.8. The molecular formula is C14H16N2OS. The third kappa shape index (κ3) is 3.24. The Hall–Kier alpha value is -1.52. The van der Waals surface area contributed by atoms with Crippen LogP contribution in [0.1, 0.15) is 11.8 Å². The number of hydrogen-bond donors (Lipinski definition) is 1. The van der Waals surface area contributed by atoms with Crippen molar-refractivity contribution in [2.45, 2.75) is 11.0 Å². The normalized spacial score (nSPS) is 12.1. The summed E-state index contributed by atoms with van der Waals surface area (Å²) in [6, 6.07) is 13.7. The van der Waals surface area contributed by atoms with Gasteiger partial charge < -0.3 is 10.5 Å². The lowest BCUT2D eigenvalue weighted by Gasteiger charge is -2.16. The lowest BCUT2D eigenvalue weighted by molar-refractivity contribution is 0.209. The summed E-state index contributed by atoms with van der Waals surface area (Å²) in [6.07, 6.45) is 3.59. The number of rotatable bonds is 5. The maximum atomic E-state index is 5.85. The minimum Gasteiger partial charge on any atom is -0.483 e. The molecule has 0 aliphatic carbocycles. The van der Waals surface area contributed by atoms with E-state index in [1.54, 1.807) is 18.0 Å².